The highest BCUT2D eigenvalue weighted by Crippen LogP contribution is 2.33. The van der Waals surface area contributed by atoms with Gasteiger partial charge in [0.15, 0.2) is 0 Å². The van der Waals surface area contributed by atoms with Gasteiger partial charge < -0.3 is 9.64 Å². The van der Waals surface area contributed by atoms with Crippen molar-refractivity contribution < 1.29 is 9.53 Å². The smallest absolute Gasteiger partial charge is 0.410 e. The van der Waals surface area contributed by atoms with Crippen LogP contribution in [-0.2, 0) is 4.74 Å². The summed E-state index contributed by atoms with van der Waals surface area (Å²) >= 11 is 2.47. The van der Waals surface area contributed by atoms with Gasteiger partial charge >= 0.3 is 6.09 Å². The summed E-state index contributed by atoms with van der Waals surface area (Å²) in [7, 11) is 0. The zero-order valence-electron chi connectivity index (χ0n) is 13.0. The van der Waals surface area contributed by atoms with Crippen molar-refractivity contribution in [1.82, 2.24) is 4.90 Å². The molecule has 0 saturated carbocycles. The molecule has 0 N–H and O–H groups in total. The molecule has 0 spiro atoms. The first-order valence-corrected chi connectivity index (χ1v) is 8.69. The molecule has 0 aromatic rings. The number of nitrogens with zero attached hydrogens (tertiary/aromatic N) is 1. The monoisotopic (exact) mass is 381 g/mol. The number of carbonyl (C=O) groups is 1. The Labute approximate surface area is 131 Å². The molecular formula is C15H28INO2. The third-order valence-corrected chi connectivity index (χ3v) is 5.53. The first-order valence-electron chi connectivity index (χ1n) is 7.17. The maximum Gasteiger partial charge on any atom is 0.410 e. The van der Waals surface area contributed by atoms with Gasteiger partial charge in [0.2, 0.25) is 0 Å². The number of rotatable bonds is 3. The van der Waals surface area contributed by atoms with Gasteiger partial charge in [-0.2, -0.15) is 0 Å². The molecule has 112 valence electrons. The van der Waals surface area contributed by atoms with Crippen molar-refractivity contribution in [2.24, 2.45) is 11.3 Å². The predicted molar refractivity (Wildman–Crippen MR) is 87.8 cm³/mol. The minimum Gasteiger partial charge on any atom is -0.444 e. The Bertz CT molecular complexity index is 302. The topological polar surface area (TPSA) is 29.5 Å². The van der Waals surface area contributed by atoms with E-state index in [2.05, 4.69) is 36.4 Å². The summed E-state index contributed by atoms with van der Waals surface area (Å²) in [5.74, 6) is 0.753. The zero-order valence-corrected chi connectivity index (χ0v) is 15.1. The molecule has 0 radical (unpaired) electrons. The van der Waals surface area contributed by atoms with Gasteiger partial charge in [-0.3, -0.25) is 0 Å². The van der Waals surface area contributed by atoms with Gasteiger partial charge in [0.25, 0.3) is 0 Å². The molecule has 0 bridgehead atoms. The van der Waals surface area contributed by atoms with E-state index in [1.807, 2.05) is 25.7 Å². The van der Waals surface area contributed by atoms with E-state index in [1.165, 1.54) is 10.8 Å². The van der Waals surface area contributed by atoms with E-state index < -0.39 is 5.60 Å². The molecule has 1 aliphatic heterocycles. The Morgan fingerprint density at radius 1 is 1.21 bits per heavy atom. The summed E-state index contributed by atoms with van der Waals surface area (Å²) < 4.78 is 6.61. The van der Waals surface area contributed by atoms with Crippen molar-refractivity contribution in [3.8, 4) is 0 Å². The normalized spacial score (nSPS) is 18.5. The van der Waals surface area contributed by atoms with Crippen LogP contribution < -0.4 is 0 Å². The highest BCUT2D eigenvalue weighted by Gasteiger charge is 2.29. The van der Waals surface area contributed by atoms with Crippen molar-refractivity contribution >= 4 is 28.7 Å². The van der Waals surface area contributed by atoms with E-state index in [0.717, 1.165) is 31.8 Å². The van der Waals surface area contributed by atoms with Gasteiger partial charge in [-0.25, -0.2) is 4.79 Å². The molecule has 0 aromatic carbocycles. The van der Waals surface area contributed by atoms with Crippen molar-refractivity contribution in [1.29, 1.82) is 0 Å². The lowest BCUT2D eigenvalue weighted by Crippen LogP contribution is -2.42. The summed E-state index contributed by atoms with van der Waals surface area (Å²) in [6.07, 6.45) is 3.33. The van der Waals surface area contributed by atoms with Crippen molar-refractivity contribution in [2.75, 3.05) is 17.5 Å². The van der Waals surface area contributed by atoms with Gasteiger partial charge in [-0.05, 0) is 51.4 Å². The van der Waals surface area contributed by atoms with E-state index in [1.54, 1.807) is 0 Å². The summed E-state index contributed by atoms with van der Waals surface area (Å²) in [6.45, 7) is 12.1. The molecule has 1 saturated heterocycles. The lowest BCUT2D eigenvalue weighted by atomic mass is 9.80. The molecule has 1 aliphatic rings. The third-order valence-electron chi connectivity index (χ3n) is 3.47. The molecule has 0 aliphatic carbocycles. The van der Waals surface area contributed by atoms with Crippen LogP contribution in [0.3, 0.4) is 0 Å². The maximum absolute atomic E-state index is 12.0. The Morgan fingerprint density at radius 3 is 2.16 bits per heavy atom. The van der Waals surface area contributed by atoms with Crippen molar-refractivity contribution in [2.45, 2.75) is 59.5 Å². The fourth-order valence-electron chi connectivity index (χ4n) is 2.48. The molecule has 3 nitrogen and oxygen atoms in total. The number of likely N-dealkylation sites (tertiary alicyclic amines) is 1. The van der Waals surface area contributed by atoms with Crippen LogP contribution in [0.1, 0.15) is 53.9 Å². The summed E-state index contributed by atoms with van der Waals surface area (Å²) in [5, 5.41) is 0. The molecule has 0 atom stereocenters. The Kier molecular flexibility index (Phi) is 5.96. The third kappa shape index (κ3) is 6.32. The van der Waals surface area contributed by atoms with Gasteiger partial charge in [-0.15, -0.1) is 0 Å². The molecule has 0 aromatic heterocycles. The number of amides is 1. The zero-order chi connectivity index (χ0) is 14.7. The van der Waals surface area contributed by atoms with Gasteiger partial charge in [0.05, 0.1) is 0 Å². The lowest BCUT2D eigenvalue weighted by Gasteiger charge is -2.36. The number of hydrogen-bond acceptors (Lipinski definition) is 2. The minimum atomic E-state index is -0.392. The lowest BCUT2D eigenvalue weighted by molar-refractivity contribution is 0.0171. The molecule has 4 heteroatoms. The molecule has 1 heterocycles. The summed E-state index contributed by atoms with van der Waals surface area (Å²) in [6, 6.07) is 0. The molecule has 1 rings (SSSR count). The van der Waals surface area contributed by atoms with Crippen LogP contribution >= 0.6 is 22.6 Å². The van der Waals surface area contributed by atoms with E-state index in [0.29, 0.717) is 5.41 Å². The highest BCUT2D eigenvalue weighted by molar-refractivity contribution is 14.1. The Hall–Kier alpha value is 0. The largest absolute Gasteiger partial charge is 0.444 e. The second-order valence-electron chi connectivity index (χ2n) is 7.41. The number of ether oxygens (including phenoxy) is 1. The van der Waals surface area contributed by atoms with Crippen LogP contribution in [-0.4, -0.2) is 34.1 Å². The predicted octanol–water partition coefficient (Wildman–Crippen LogP) is 4.48. The fourth-order valence-corrected chi connectivity index (χ4v) is 2.79. The molecule has 1 fully saturated rings. The van der Waals surface area contributed by atoms with E-state index in [4.69, 9.17) is 4.74 Å². The Balaban J connectivity index is 2.39. The van der Waals surface area contributed by atoms with Crippen LogP contribution in [0, 0.1) is 11.3 Å². The molecule has 19 heavy (non-hydrogen) atoms. The van der Waals surface area contributed by atoms with Gasteiger partial charge in [0, 0.05) is 17.5 Å². The maximum atomic E-state index is 12.0. The summed E-state index contributed by atoms with van der Waals surface area (Å²) in [5.41, 5.74) is 0.0243. The first-order chi connectivity index (χ1) is 8.63. The average Bonchev–Trinajstić information content (AvgIpc) is 2.27. The second kappa shape index (κ2) is 6.64. The van der Waals surface area contributed by atoms with E-state index >= 15 is 0 Å². The van der Waals surface area contributed by atoms with Crippen molar-refractivity contribution in [3.05, 3.63) is 0 Å². The number of halogens is 1. The number of hydrogen-bond donors (Lipinski definition) is 0. The quantitative estimate of drug-likeness (QED) is 0.533. The molecule has 0 unspecified atom stereocenters. The highest BCUT2D eigenvalue weighted by atomic mass is 127. The standard InChI is InChI=1S/C15H28INO2/c1-14(2,3)19-13(18)17-8-6-12(7-9-17)10-15(4,5)11-16/h12H,6-11H2,1-5H3. The Morgan fingerprint density at radius 2 is 1.74 bits per heavy atom. The van der Waals surface area contributed by atoms with Crippen LogP contribution in [0.2, 0.25) is 0 Å². The second-order valence-corrected chi connectivity index (χ2v) is 8.18. The van der Waals surface area contributed by atoms with Gasteiger partial charge in [-0.1, -0.05) is 36.4 Å². The number of carbonyl (C=O) groups excluding carboxylic acids is 1. The minimum absolute atomic E-state index is 0.154. The number of alkyl halides is 1. The fraction of sp³-hybridized carbons (Fsp3) is 0.933. The van der Waals surface area contributed by atoms with Crippen LogP contribution in [0.5, 0.6) is 0 Å². The van der Waals surface area contributed by atoms with Crippen molar-refractivity contribution in [3.63, 3.8) is 0 Å². The SMILES string of the molecule is CC(C)(CI)CC1CCN(C(=O)OC(C)(C)C)CC1. The molecule has 1 amide bonds. The van der Waals surface area contributed by atoms with Crippen LogP contribution in [0.4, 0.5) is 4.79 Å². The molecular weight excluding hydrogens is 353 g/mol. The summed E-state index contributed by atoms with van der Waals surface area (Å²) in [4.78, 5) is 13.8. The van der Waals surface area contributed by atoms with E-state index in [9.17, 15) is 4.79 Å². The van der Waals surface area contributed by atoms with E-state index in [-0.39, 0.29) is 6.09 Å². The first kappa shape index (κ1) is 17.1. The van der Waals surface area contributed by atoms with Crippen LogP contribution in [0.25, 0.3) is 0 Å². The van der Waals surface area contributed by atoms with Crippen LogP contribution in [0.15, 0.2) is 0 Å². The average molecular weight is 381 g/mol. The van der Waals surface area contributed by atoms with Gasteiger partial charge in [0.1, 0.15) is 5.60 Å². The number of piperidine rings is 1.